The zero-order valence-corrected chi connectivity index (χ0v) is 16.1. The van der Waals surface area contributed by atoms with Gasteiger partial charge in [-0.05, 0) is 44.5 Å². The average molecular weight is 366 g/mol. The van der Waals surface area contributed by atoms with Crippen LogP contribution in [-0.4, -0.2) is 62.9 Å². The first kappa shape index (κ1) is 17.7. The van der Waals surface area contributed by atoms with Crippen LogP contribution in [0.1, 0.15) is 35.1 Å². The van der Waals surface area contributed by atoms with Crippen LogP contribution in [0.5, 0.6) is 0 Å². The van der Waals surface area contributed by atoms with Crippen molar-refractivity contribution in [3.8, 4) is 0 Å². The van der Waals surface area contributed by atoms with Crippen molar-refractivity contribution in [2.75, 3.05) is 27.2 Å². The summed E-state index contributed by atoms with van der Waals surface area (Å²) in [4.78, 5) is 17.2. The standard InChI is InChI=1S/C20H26N6O/c1-24-12-6-7-14(19(24)17-10-11-21-26(17)3)13-25(2)20(27)18-15-8-4-5-9-16(15)22-23-18/h4-5,8-11,14,19H,6-7,12-13H2,1-3H3,(H,22,23)/t14-,19+/m0/s1. The second kappa shape index (κ2) is 7.15. The molecule has 142 valence electrons. The van der Waals surface area contributed by atoms with Crippen molar-refractivity contribution in [2.24, 2.45) is 13.0 Å². The van der Waals surface area contributed by atoms with Crippen molar-refractivity contribution in [3.63, 3.8) is 0 Å². The van der Waals surface area contributed by atoms with E-state index in [9.17, 15) is 4.79 Å². The minimum atomic E-state index is -0.0376. The number of carbonyl (C=O) groups is 1. The number of piperidine rings is 1. The molecule has 0 saturated carbocycles. The average Bonchev–Trinajstić information content (AvgIpc) is 3.27. The van der Waals surface area contributed by atoms with Gasteiger partial charge in [-0.2, -0.15) is 10.2 Å². The molecule has 0 radical (unpaired) electrons. The van der Waals surface area contributed by atoms with Gasteiger partial charge in [0.2, 0.25) is 0 Å². The maximum Gasteiger partial charge on any atom is 0.274 e. The Bertz CT molecular complexity index is 945. The molecule has 1 aromatic carbocycles. The van der Waals surface area contributed by atoms with Crippen molar-refractivity contribution in [3.05, 3.63) is 47.9 Å². The highest BCUT2D eigenvalue weighted by atomic mass is 16.2. The molecule has 7 heteroatoms. The van der Waals surface area contributed by atoms with Gasteiger partial charge < -0.3 is 4.90 Å². The number of amides is 1. The SMILES string of the molecule is CN(C[C@@H]1CCCN(C)[C@H]1c1ccnn1C)C(=O)c1n[nH]c2ccccc12. The van der Waals surface area contributed by atoms with Gasteiger partial charge in [0.1, 0.15) is 0 Å². The van der Waals surface area contributed by atoms with E-state index in [1.807, 2.05) is 54.1 Å². The van der Waals surface area contributed by atoms with Gasteiger partial charge in [-0.1, -0.05) is 18.2 Å². The summed E-state index contributed by atoms with van der Waals surface area (Å²) in [6.45, 7) is 1.76. The maximum absolute atomic E-state index is 13.0. The third-order valence-electron chi connectivity index (χ3n) is 5.70. The van der Waals surface area contributed by atoms with Crippen LogP contribution in [0.15, 0.2) is 36.5 Å². The lowest BCUT2D eigenvalue weighted by atomic mass is 9.87. The van der Waals surface area contributed by atoms with Gasteiger partial charge in [0.15, 0.2) is 5.69 Å². The largest absolute Gasteiger partial charge is 0.340 e. The molecule has 0 aliphatic carbocycles. The Morgan fingerprint density at radius 1 is 1.30 bits per heavy atom. The number of carbonyl (C=O) groups excluding carboxylic acids is 1. The van der Waals surface area contributed by atoms with Crippen LogP contribution in [0.2, 0.25) is 0 Å². The number of benzene rings is 1. The highest BCUT2D eigenvalue weighted by Crippen LogP contribution is 2.35. The summed E-state index contributed by atoms with van der Waals surface area (Å²) in [6.07, 6.45) is 4.08. The number of aromatic amines is 1. The highest BCUT2D eigenvalue weighted by Gasteiger charge is 2.34. The Balaban J connectivity index is 1.56. The molecule has 7 nitrogen and oxygen atoms in total. The van der Waals surface area contributed by atoms with Crippen LogP contribution >= 0.6 is 0 Å². The zero-order valence-electron chi connectivity index (χ0n) is 16.1. The van der Waals surface area contributed by atoms with E-state index in [2.05, 4.69) is 33.3 Å². The normalized spacial score (nSPS) is 20.9. The summed E-state index contributed by atoms with van der Waals surface area (Å²) >= 11 is 0. The number of hydrogen-bond acceptors (Lipinski definition) is 4. The smallest absolute Gasteiger partial charge is 0.274 e. The number of H-pyrrole nitrogens is 1. The number of likely N-dealkylation sites (tertiary alicyclic amines) is 1. The van der Waals surface area contributed by atoms with Crippen LogP contribution in [0, 0.1) is 5.92 Å². The molecule has 2 aromatic heterocycles. The monoisotopic (exact) mass is 366 g/mol. The van der Waals surface area contributed by atoms with E-state index in [-0.39, 0.29) is 11.9 Å². The molecule has 1 fully saturated rings. The number of aromatic nitrogens is 4. The van der Waals surface area contributed by atoms with Gasteiger partial charge in [-0.15, -0.1) is 0 Å². The lowest BCUT2D eigenvalue weighted by Gasteiger charge is -2.40. The van der Waals surface area contributed by atoms with Crippen LogP contribution in [0.3, 0.4) is 0 Å². The number of fused-ring (bicyclic) bond motifs is 1. The van der Waals surface area contributed by atoms with Gasteiger partial charge in [0, 0.05) is 32.2 Å². The quantitative estimate of drug-likeness (QED) is 0.770. The Kier molecular flexibility index (Phi) is 4.70. The van der Waals surface area contributed by atoms with Crippen molar-refractivity contribution >= 4 is 16.8 Å². The minimum absolute atomic E-state index is 0.0376. The zero-order chi connectivity index (χ0) is 19.0. The van der Waals surface area contributed by atoms with Gasteiger partial charge in [0.25, 0.3) is 5.91 Å². The van der Waals surface area contributed by atoms with Crippen molar-refractivity contribution in [2.45, 2.75) is 18.9 Å². The van der Waals surface area contributed by atoms with E-state index in [0.717, 1.165) is 30.3 Å². The molecule has 1 aliphatic rings. The number of nitrogens with zero attached hydrogens (tertiary/aromatic N) is 5. The van der Waals surface area contributed by atoms with Crippen molar-refractivity contribution in [1.82, 2.24) is 29.8 Å². The third-order valence-corrected chi connectivity index (χ3v) is 5.70. The van der Waals surface area contributed by atoms with Crippen molar-refractivity contribution in [1.29, 1.82) is 0 Å². The Morgan fingerprint density at radius 3 is 2.89 bits per heavy atom. The van der Waals surface area contributed by atoms with Gasteiger partial charge in [-0.25, -0.2) is 0 Å². The molecule has 0 bridgehead atoms. The summed E-state index contributed by atoms with van der Waals surface area (Å²) in [5, 5.41) is 12.4. The highest BCUT2D eigenvalue weighted by molar-refractivity contribution is 6.04. The summed E-state index contributed by atoms with van der Waals surface area (Å²) in [5.41, 5.74) is 2.59. The van der Waals surface area contributed by atoms with Crippen LogP contribution in [0.25, 0.3) is 10.9 Å². The molecule has 1 amide bonds. The Hall–Kier alpha value is -2.67. The van der Waals surface area contributed by atoms with E-state index in [0.29, 0.717) is 18.2 Å². The predicted molar refractivity (Wildman–Crippen MR) is 104 cm³/mol. The van der Waals surface area contributed by atoms with E-state index in [4.69, 9.17) is 0 Å². The van der Waals surface area contributed by atoms with E-state index in [1.54, 1.807) is 0 Å². The number of hydrogen-bond donors (Lipinski definition) is 1. The molecule has 0 unspecified atom stereocenters. The summed E-state index contributed by atoms with van der Waals surface area (Å²) in [6, 6.07) is 10.1. The third kappa shape index (κ3) is 3.23. The topological polar surface area (TPSA) is 70.1 Å². The molecule has 1 N–H and O–H groups in total. The van der Waals surface area contributed by atoms with Gasteiger partial charge >= 0.3 is 0 Å². The van der Waals surface area contributed by atoms with Gasteiger partial charge in [0.05, 0.1) is 17.3 Å². The van der Waals surface area contributed by atoms with Gasteiger partial charge in [-0.3, -0.25) is 19.5 Å². The van der Waals surface area contributed by atoms with Crippen LogP contribution in [0.4, 0.5) is 0 Å². The number of rotatable bonds is 4. The fourth-order valence-electron chi connectivity index (χ4n) is 4.33. The first-order valence-electron chi connectivity index (χ1n) is 9.43. The molecule has 27 heavy (non-hydrogen) atoms. The maximum atomic E-state index is 13.0. The number of para-hydroxylation sites is 1. The van der Waals surface area contributed by atoms with E-state index < -0.39 is 0 Å². The Labute approximate surface area is 158 Å². The van der Waals surface area contributed by atoms with E-state index in [1.165, 1.54) is 5.69 Å². The predicted octanol–water partition coefficient (Wildman–Crippen LogP) is 2.45. The number of aryl methyl sites for hydroxylation is 1. The lowest BCUT2D eigenvalue weighted by molar-refractivity contribution is 0.0627. The number of nitrogens with one attached hydrogen (secondary N) is 1. The molecule has 3 aromatic rings. The van der Waals surface area contributed by atoms with E-state index >= 15 is 0 Å². The second-order valence-corrected chi connectivity index (χ2v) is 7.51. The summed E-state index contributed by atoms with van der Waals surface area (Å²) < 4.78 is 1.95. The molecular formula is C20H26N6O. The molecule has 4 rings (SSSR count). The first-order valence-corrected chi connectivity index (χ1v) is 9.43. The molecule has 1 saturated heterocycles. The second-order valence-electron chi connectivity index (χ2n) is 7.51. The molecular weight excluding hydrogens is 340 g/mol. The summed E-state index contributed by atoms with van der Waals surface area (Å²) in [5.74, 6) is 0.322. The first-order chi connectivity index (χ1) is 13.1. The van der Waals surface area contributed by atoms with Crippen LogP contribution in [-0.2, 0) is 7.05 Å². The molecule has 0 spiro atoms. The lowest BCUT2D eigenvalue weighted by Crippen LogP contribution is -2.43. The van der Waals surface area contributed by atoms with Crippen LogP contribution < -0.4 is 0 Å². The molecule has 2 atom stereocenters. The van der Waals surface area contributed by atoms with Crippen molar-refractivity contribution < 1.29 is 4.79 Å². The molecule has 1 aliphatic heterocycles. The fraction of sp³-hybridized carbons (Fsp3) is 0.450. The molecule has 3 heterocycles. The minimum Gasteiger partial charge on any atom is -0.340 e. The summed E-state index contributed by atoms with van der Waals surface area (Å²) in [7, 11) is 6.02. The Morgan fingerprint density at radius 2 is 2.11 bits per heavy atom. The fourth-order valence-corrected chi connectivity index (χ4v) is 4.33.